The van der Waals surface area contributed by atoms with Crippen LogP contribution >= 0.6 is 11.9 Å². The molecule has 0 saturated heterocycles. The molecule has 0 spiro atoms. The summed E-state index contributed by atoms with van der Waals surface area (Å²) in [7, 11) is 0. The Hall–Kier alpha value is -2.18. The first kappa shape index (κ1) is 22.1. The third-order valence-corrected chi connectivity index (χ3v) is 5.98. The van der Waals surface area contributed by atoms with Crippen molar-refractivity contribution in [3.8, 4) is 11.5 Å². The Bertz CT molecular complexity index is 812. The average Bonchev–Trinajstić information content (AvgIpc) is 2.64. The monoisotopic (exact) mass is 402 g/mol. The fourth-order valence-electron chi connectivity index (χ4n) is 3.04. The van der Waals surface area contributed by atoms with E-state index in [4.69, 9.17) is 10.5 Å². The molecule has 1 aromatic rings. The first-order valence-electron chi connectivity index (χ1n) is 9.57. The van der Waals surface area contributed by atoms with Crippen molar-refractivity contribution in [1.29, 1.82) is 0 Å². The summed E-state index contributed by atoms with van der Waals surface area (Å²) in [5.74, 6) is -0.587. The minimum absolute atomic E-state index is 0.0126. The lowest BCUT2D eigenvalue weighted by Gasteiger charge is -2.20. The zero-order valence-electron chi connectivity index (χ0n) is 17.0. The maximum absolute atomic E-state index is 11.5. The van der Waals surface area contributed by atoms with Crippen LogP contribution in [0.25, 0.3) is 0 Å². The third-order valence-electron chi connectivity index (χ3n) is 4.58. The Balaban J connectivity index is 2.00. The number of carbonyl (C=O) groups excluding carboxylic acids is 1. The van der Waals surface area contributed by atoms with E-state index in [1.165, 1.54) is 27.7 Å². The molecule has 0 fully saturated rings. The van der Waals surface area contributed by atoms with Gasteiger partial charge in [-0.1, -0.05) is 36.3 Å². The van der Waals surface area contributed by atoms with Gasteiger partial charge in [-0.05, 0) is 69.7 Å². The van der Waals surface area contributed by atoms with E-state index in [0.717, 1.165) is 19.3 Å². The van der Waals surface area contributed by atoms with E-state index in [-0.39, 0.29) is 17.4 Å². The fraction of sp³-hybridized carbons (Fsp3) is 0.409. The van der Waals surface area contributed by atoms with Crippen molar-refractivity contribution in [2.75, 3.05) is 6.61 Å². The Labute approximate surface area is 171 Å². The van der Waals surface area contributed by atoms with Gasteiger partial charge in [-0.2, -0.15) is 0 Å². The number of allylic oxidation sites excluding steroid dienone is 5. The topological polar surface area (TPSA) is 84.6 Å². The standard InChI is InChI=1S/C22H30N2O3S/c1-5-17-9-6-8-14(2)21(15(3)12-17)28-24-16(4)13-27-19-11-7-10-18(25)20(19)22(23)26/h7,9-12,16,24-25H,5-6,8,13H2,1-4H3,(H2,23,26)/b15-12-,17-9-,21-14?. The largest absolute Gasteiger partial charge is 0.507 e. The second kappa shape index (κ2) is 10.4. The average molecular weight is 403 g/mol. The number of nitrogens with one attached hydrogen (secondary N) is 1. The molecule has 0 saturated carbocycles. The molecule has 1 aromatic carbocycles. The van der Waals surface area contributed by atoms with Crippen LogP contribution in [0.3, 0.4) is 0 Å². The van der Waals surface area contributed by atoms with Gasteiger partial charge in [0.25, 0.3) is 5.91 Å². The number of amides is 1. The highest BCUT2D eigenvalue weighted by Crippen LogP contribution is 2.31. The number of carbonyl (C=O) groups is 1. The molecular weight excluding hydrogens is 372 g/mol. The fourth-order valence-corrected chi connectivity index (χ4v) is 3.92. The van der Waals surface area contributed by atoms with Crippen molar-refractivity contribution in [2.45, 2.75) is 53.0 Å². The van der Waals surface area contributed by atoms with Crippen molar-refractivity contribution < 1.29 is 14.6 Å². The maximum atomic E-state index is 11.5. The van der Waals surface area contributed by atoms with Crippen LogP contribution in [0.4, 0.5) is 0 Å². The van der Waals surface area contributed by atoms with Crippen molar-refractivity contribution in [3.63, 3.8) is 0 Å². The van der Waals surface area contributed by atoms with Gasteiger partial charge in [0.1, 0.15) is 23.7 Å². The number of aromatic hydroxyl groups is 1. The molecule has 1 aliphatic carbocycles. The van der Waals surface area contributed by atoms with Gasteiger partial charge in [-0.15, -0.1) is 0 Å². The van der Waals surface area contributed by atoms with Gasteiger partial charge in [-0.3, -0.25) is 9.52 Å². The Morgan fingerprint density at radius 3 is 2.82 bits per heavy atom. The smallest absolute Gasteiger partial charge is 0.256 e. The van der Waals surface area contributed by atoms with Gasteiger partial charge in [-0.25, -0.2) is 0 Å². The predicted octanol–water partition coefficient (Wildman–Crippen LogP) is 4.85. The summed E-state index contributed by atoms with van der Waals surface area (Å²) in [6, 6.07) is 4.70. The molecule has 2 rings (SSSR count). The number of phenols is 1. The molecule has 0 radical (unpaired) electrons. The molecule has 4 N–H and O–H groups in total. The minimum Gasteiger partial charge on any atom is -0.507 e. The van der Waals surface area contributed by atoms with Gasteiger partial charge in [0.15, 0.2) is 0 Å². The van der Waals surface area contributed by atoms with Gasteiger partial charge >= 0.3 is 0 Å². The lowest BCUT2D eigenvalue weighted by molar-refractivity contribution is 0.0993. The van der Waals surface area contributed by atoms with Crippen molar-refractivity contribution >= 4 is 17.9 Å². The molecule has 0 heterocycles. The van der Waals surface area contributed by atoms with Gasteiger partial charge < -0.3 is 15.6 Å². The molecule has 1 unspecified atom stereocenters. The zero-order valence-corrected chi connectivity index (χ0v) is 17.9. The van der Waals surface area contributed by atoms with Crippen LogP contribution in [0.5, 0.6) is 11.5 Å². The van der Waals surface area contributed by atoms with Crippen molar-refractivity contribution in [1.82, 2.24) is 4.72 Å². The number of primary amides is 1. The third kappa shape index (κ3) is 5.91. The molecule has 152 valence electrons. The van der Waals surface area contributed by atoms with E-state index in [1.807, 2.05) is 6.92 Å². The van der Waals surface area contributed by atoms with Gasteiger partial charge in [0.05, 0.1) is 0 Å². The zero-order chi connectivity index (χ0) is 20.7. The predicted molar refractivity (Wildman–Crippen MR) is 116 cm³/mol. The lowest BCUT2D eigenvalue weighted by Crippen LogP contribution is -2.27. The van der Waals surface area contributed by atoms with E-state index >= 15 is 0 Å². The van der Waals surface area contributed by atoms with Gasteiger partial charge in [0, 0.05) is 10.9 Å². The minimum atomic E-state index is -0.709. The molecule has 0 aromatic heterocycles. The first-order chi connectivity index (χ1) is 13.3. The normalized spacial score (nSPS) is 19.7. The number of nitrogens with two attached hydrogens (primary N) is 1. The number of ether oxygens (including phenoxy) is 1. The SMILES string of the molecule is CCC1=C/CCC(C)=C(SNC(C)COc2cccc(O)c2C(N)=O)/C(C)=C\1. The molecule has 6 heteroatoms. The van der Waals surface area contributed by atoms with E-state index in [9.17, 15) is 9.90 Å². The summed E-state index contributed by atoms with van der Waals surface area (Å²) in [5.41, 5.74) is 9.37. The van der Waals surface area contributed by atoms with Crippen LogP contribution in [-0.2, 0) is 0 Å². The highest BCUT2D eigenvalue weighted by molar-refractivity contribution is 8.01. The van der Waals surface area contributed by atoms with Crippen LogP contribution < -0.4 is 15.2 Å². The molecule has 1 aliphatic rings. The van der Waals surface area contributed by atoms with Crippen molar-refractivity contribution in [2.24, 2.45) is 5.73 Å². The quantitative estimate of drug-likeness (QED) is 0.542. The Morgan fingerprint density at radius 2 is 2.14 bits per heavy atom. The van der Waals surface area contributed by atoms with Crippen LogP contribution in [-0.4, -0.2) is 23.7 Å². The molecule has 1 amide bonds. The van der Waals surface area contributed by atoms with Crippen LogP contribution in [0.1, 0.15) is 57.3 Å². The summed E-state index contributed by atoms with van der Waals surface area (Å²) >= 11 is 1.62. The first-order valence-corrected chi connectivity index (χ1v) is 10.4. The number of rotatable bonds is 8. The molecule has 5 nitrogen and oxygen atoms in total. The van der Waals surface area contributed by atoms with E-state index in [2.05, 4.69) is 37.6 Å². The summed E-state index contributed by atoms with van der Waals surface area (Å²) in [5, 5.41) is 9.83. The summed E-state index contributed by atoms with van der Waals surface area (Å²) in [6.07, 6.45) is 7.74. The number of benzene rings is 1. The Kier molecular flexibility index (Phi) is 8.20. The molecule has 28 heavy (non-hydrogen) atoms. The number of hydrogen-bond donors (Lipinski definition) is 3. The Morgan fingerprint density at radius 1 is 1.39 bits per heavy atom. The van der Waals surface area contributed by atoms with Crippen LogP contribution in [0, 0.1) is 0 Å². The molecule has 1 atom stereocenters. The van der Waals surface area contributed by atoms with E-state index in [0.29, 0.717) is 12.4 Å². The van der Waals surface area contributed by atoms with Crippen molar-refractivity contribution in [3.05, 3.63) is 57.5 Å². The van der Waals surface area contributed by atoms with Gasteiger partial charge in [0.2, 0.25) is 0 Å². The second-order valence-corrected chi connectivity index (χ2v) is 7.90. The summed E-state index contributed by atoms with van der Waals surface area (Å²) in [6.45, 7) is 8.86. The van der Waals surface area contributed by atoms with E-state index in [1.54, 1.807) is 24.1 Å². The van der Waals surface area contributed by atoms with Crippen LogP contribution in [0.15, 0.2) is 52.0 Å². The van der Waals surface area contributed by atoms with Crippen LogP contribution in [0.2, 0.25) is 0 Å². The number of hydrogen-bond acceptors (Lipinski definition) is 5. The molecular formula is C22H30N2O3S. The maximum Gasteiger partial charge on any atom is 0.256 e. The summed E-state index contributed by atoms with van der Waals surface area (Å²) < 4.78 is 9.16. The highest BCUT2D eigenvalue weighted by Gasteiger charge is 2.16. The lowest BCUT2D eigenvalue weighted by atomic mass is 10.00. The second-order valence-electron chi connectivity index (χ2n) is 7.05. The van der Waals surface area contributed by atoms with E-state index < -0.39 is 5.91 Å². The summed E-state index contributed by atoms with van der Waals surface area (Å²) in [4.78, 5) is 12.8. The molecule has 0 aliphatic heterocycles. The highest BCUT2D eigenvalue weighted by atomic mass is 32.2. The molecule has 0 bridgehead atoms.